The van der Waals surface area contributed by atoms with Crippen molar-refractivity contribution >= 4 is 29.0 Å². The van der Waals surface area contributed by atoms with Gasteiger partial charge in [-0.2, -0.15) is 0 Å². The smallest absolute Gasteiger partial charge is 0.271 e. The maximum atomic E-state index is 12.0. The fraction of sp³-hybridized carbons (Fsp3) is 0.133. The number of hydrogen-bond donors (Lipinski definition) is 1. The molecule has 1 amide bonds. The van der Waals surface area contributed by atoms with Crippen molar-refractivity contribution in [1.29, 1.82) is 0 Å². The Kier molecular flexibility index (Phi) is 4.80. The molecule has 0 bridgehead atoms. The van der Waals surface area contributed by atoms with Gasteiger partial charge in [0.2, 0.25) is 5.91 Å². The summed E-state index contributed by atoms with van der Waals surface area (Å²) >= 11 is 1.20. The van der Waals surface area contributed by atoms with E-state index in [0.717, 1.165) is 0 Å². The van der Waals surface area contributed by atoms with Crippen molar-refractivity contribution in [3.8, 4) is 11.6 Å². The fourth-order valence-electron chi connectivity index (χ4n) is 2.09. The van der Waals surface area contributed by atoms with Crippen LogP contribution in [0.4, 0.5) is 11.4 Å². The van der Waals surface area contributed by atoms with E-state index >= 15 is 0 Å². The van der Waals surface area contributed by atoms with Crippen molar-refractivity contribution in [1.82, 2.24) is 14.8 Å². The lowest BCUT2D eigenvalue weighted by atomic mass is 10.3. The van der Waals surface area contributed by atoms with Crippen LogP contribution in [0.1, 0.15) is 0 Å². The summed E-state index contributed by atoms with van der Waals surface area (Å²) in [6.45, 7) is 0. The number of anilines is 1. The average Bonchev–Trinajstić information content (AvgIpc) is 3.23. The number of benzene rings is 1. The molecule has 0 atom stereocenters. The zero-order chi connectivity index (χ0) is 17.8. The van der Waals surface area contributed by atoms with Gasteiger partial charge in [-0.1, -0.05) is 17.8 Å². The molecule has 25 heavy (non-hydrogen) atoms. The van der Waals surface area contributed by atoms with Crippen LogP contribution in [0.2, 0.25) is 0 Å². The highest BCUT2D eigenvalue weighted by Gasteiger charge is 2.15. The number of carbonyl (C=O) groups is 1. The van der Waals surface area contributed by atoms with E-state index in [2.05, 4.69) is 15.5 Å². The molecule has 1 N–H and O–H groups in total. The van der Waals surface area contributed by atoms with Gasteiger partial charge in [-0.05, 0) is 18.2 Å². The van der Waals surface area contributed by atoms with Gasteiger partial charge in [0.15, 0.2) is 16.7 Å². The topological polar surface area (TPSA) is 116 Å². The average molecular weight is 359 g/mol. The first-order valence-corrected chi connectivity index (χ1v) is 8.13. The molecule has 9 nitrogen and oxygen atoms in total. The molecule has 0 aliphatic heterocycles. The number of rotatable bonds is 6. The summed E-state index contributed by atoms with van der Waals surface area (Å²) in [5.41, 5.74) is 0.288. The van der Waals surface area contributed by atoms with Crippen LogP contribution in [0.15, 0.2) is 52.2 Å². The molecule has 0 radical (unpaired) electrons. The summed E-state index contributed by atoms with van der Waals surface area (Å²) in [6.07, 6.45) is 1.54. The van der Waals surface area contributed by atoms with Crippen LogP contribution < -0.4 is 5.32 Å². The molecule has 2 heterocycles. The third-order valence-electron chi connectivity index (χ3n) is 3.25. The molecule has 3 aromatic rings. The van der Waals surface area contributed by atoms with Crippen molar-refractivity contribution < 1.29 is 14.1 Å². The number of non-ortho nitro benzene ring substituents is 1. The second-order valence-corrected chi connectivity index (χ2v) is 5.93. The summed E-state index contributed by atoms with van der Waals surface area (Å²) < 4.78 is 7.01. The van der Waals surface area contributed by atoms with Gasteiger partial charge in [0, 0.05) is 24.9 Å². The van der Waals surface area contributed by atoms with E-state index in [9.17, 15) is 14.9 Å². The first-order valence-electron chi connectivity index (χ1n) is 7.15. The Hall–Kier alpha value is -3.14. The van der Waals surface area contributed by atoms with Gasteiger partial charge in [-0.25, -0.2) is 0 Å². The van der Waals surface area contributed by atoms with Gasteiger partial charge in [-0.15, -0.1) is 10.2 Å². The molecule has 0 aliphatic carbocycles. The zero-order valence-corrected chi connectivity index (χ0v) is 13.9. The van der Waals surface area contributed by atoms with Crippen LogP contribution in [-0.4, -0.2) is 31.3 Å². The van der Waals surface area contributed by atoms with E-state index < -0.39 is 4.92 Å². The molecule has 0 saturated heterocycles. The molecular formula is C15H13N5O4S. The predicted molar refractivity (Wildman–Crippen MR) is 91.2 cm³/mol. The summed E-state index contributed by atoms with van der Waals surface area (Å²) in [7, 11) is 1.78. The SMILES string of the molecule is Cn1c(SCC(=O)Nc2cccc([N+](=O)[O-])c2)nnc1-c1ccco1. The first-order chi connectivity index (χ1) is 12.0. The molecule has 0 unspecified atom stereocenters. The number of nitro benzene ring substituents is 1. The standard InChI is InChI=1S/C15H13N5O4S/c1-19-14(12-6-3-7-24-12)17-18-15(19)25-9-13(21)16-10-4-2-5-11(8-10)20(22)23/h2-8H,9H2,1H3,(H,16,21). The van der Waals surface area contributed by atoms with Crippen LogP contribution in [-0.2, 0) is 11.8 Å². The third kappa shape index (κ3) is 3.86. The number of amides is 1. The van der Waals surface area contributed by atoms with Crippen molar-refractivity contribution in [3.63, 3.8) is 0 Å². The van der Waals surface area contributed by atoms with Crippen molar-refractivity contribution in [2.45, 2.75) is 5.16 Å². The van der Waals surface area contributed by atoms with Gasteiger partial charge in [0.05, 0.1) is 16.9 Å². The number of nitrogens with zero attached hydrogens (tertiary/aromatic N) is 4. The summed E-state index contributed by atoms with van der Waals surface area (Å²) in [4.78, 5) is 22.3. The largest absolute Gasteiger partial charge is 0.461 e. The lowest BCUT2D eigenvalue weighted by Gasteiger charge is -2.05. The van der Waals surface area contributed by atoms with Gasteiger partial charge < -0.3 is 14.3 Å². The molecule has 0 spiro atoms. The second kappa shape index (κ2) is 7.18. The summed E-state index contributed by atoms with van der Waals surface area (Å²) in [6, 6.07) is 9.29. The minimum Gasteiger partial charge on any atom is -0.461 e. The minimum atomic E-state index is -0.514. The highest BCUT2D eigenvalue weighted by atomic mass is 32.2. The van der Waals surface area contributed by atoms with Gasteiger partial charge >= 0.3 is 0 Å². The van der Waals surface area contributed by atoms with E-state index in [1.54, 1.807) is 36.1 Å². The number of thioether (sulfide) groups is 1. The molecule has 1 aromatic carbocycles. The highest BCUT2D eigenvalue weighted by Crippen LogP contribution is 2.23. The maximum absolute atomic E-state index is 12.0. The quantitative estimate of drug-likeness (QED) is 0.408. The molecule has 0 aliphatic rings. The molecule has 128 valence electrons. The number of carbonyl (C=O) groups excluding carboxylic acids is 1. The Morgan fingerprint density at radius 3 is 2.92 bits per heavy atom. The molecule has 2 aromatic heterocycles. The summed E-state index contributed by atoms with van der Waals surface area (Å²) in [5.74, 6) is 0.940. The number of nitro groups is 1. The van der Waals surface area contributed by atoms with Crippen molar-refractivity contribution in [2.24, 2.45) is 7.05 Å². The highest BCUT2D eigenvalue weighted by molar-refractivity contribution is 7.99. The van der Waals surface area contributed by atoms with E-state index in [-0.39, 0.29) is 17.3 Å². The predicted octanol–water partition coefficient (Wildman–Crippen LogP) is 2.71. The zero-order valence-electron chi connectivity index (χ0n) is 13.1. The monoisotopic (exact) mass is 359 g/mol. The van der Waals surface area contributed by atoms with E-state index in [4.69, 9.17) is 4.42 Å². The first kappa shape index (κ1) is 16.7. The Morgan fingerprint density at radius 1 is 1.36 bits per heavy atom. The number of aromatic nitrogens is 3. The number of hydrogen-bond acceptors (Lipinski definition) is 7. The normalized spacial score (nSPS) is 10.6. The number of furan rings is 1. The molecule has 3 rings (SSSR count). The van der Waals surface area contributed by atoms with E-state index in [1.807, 2.05) is 0 Å². The number of nitrogens with one attached hydrogen (secondary N) is 1. The van der Waals surface area contributed by atoms with Crippen LogP contribution in [0, 0.1) is 10.1 Å². The lowest BCUT2D eigenvalue weighted by molar-refractivity contribution is -0.384. The van der Waals surface area contributed by atoms with Gasteiger partial charge in [0.25, 0.3) is 5.69 Å². The molecular weight excluding hydrogens is 346 g/mol. The van der Waals surface area contributed by atoms with Crippen LogP contribution >= 0.6 is 11.8 Å². The minimum absolute atomic E-state index is 0.0816. The van der Waals surface area contributed by atoms with E-state index in [1.165, 1.54) is 30.0 Å². The van der Waals surface area contributed by atoms with Crippen LogP contribution in [0.25, 0.3) is 11.6 Å². The Bertz CT molecular complexity index is 907. The summed E-state index contributed by atoms with van der Waals surface area (Å²) in [5, 5.41) is 22.0. The van der Waals surface area contributed by atoms with Crippen LogP contribution in [0.5, 0.6) is 0 Å². The lowest BCUT2D eigenvalue weighted by Crippen LogP contribution is -2.14. The maximum Gasteiger partial charge on any atom is 0.271 e. The molecule has 0 fully saturated rings. The van der Waals surface area contributed by atoms with Crippen molar-refractivity contribution in [3.05, 3.63) is 52.8 Å². The Morgan fingerprint density at radius 2 is 2.20 bits per heavy atom. The van der Waals surface area contributed by atoms with Gasteiger partial charge in [0.1, 0.15) is 0 Å². The Labute approximate surface area is 146 Å². The third-order valence-corrected chi connectivity index (χ3v) is 4.27. The fourth-order valence-corrected chi connectivity index (χ4v) is 2.80. The van der Waals surface area contributed by atoms with Crippen LogP contribution in [0.3, 0.4) is 0 Å². The molecule has 10 heteroatoms. The molecule has 0 saturated carbocycles. The van der Waals surface area contributed by atoms with Crippen molar-refractivity contribution in [2.75, 3.05) is 11.1 Å². The Balaban J connectivity index is 1.61. The van der Waals surface area contributed by atoms with E-state index in [0.29, 0.717) is 22.4 Å². The second-order valence-electron chi connectivity index (χ2n) is 4.99. The van der Waals surface area contributed by atoms with Gasteiger partial charge in [-0.3, -0.25) is 14.9 Å².